The van der Waals surface area contributed by atoms with Crippen LogP contribution in [0.2, 0.25) is 0 Å². The first-order valence-electron chi connectivity index (χ1n) is 12.8. The van der Waals surface area contributed by atoms with Crippen molar-refractivity contribution in [2.24, 2.45) is 0 Å². The molecule has 0 fully saturated rings. The minimum absolute atomic E-state index is 1.19. The molecule has 0 amide bonds. The Labute approximate surface area is 177 Å². The first kappa shape index (κ1) is 25.2. The fraction of sp³-hybridized carbons (Fsp3) is 0.815. The lowest BCUT2D eigenvalue weighted by atomic mass is 10.0. The quantitative estimate of drug-likeness (QED) is 0.155. The number of hydrogen-bond acceptors (Lipinski definition) is 0. The second-order valence-corrected chi connectivity index (χ2v) is 8.85. The number of aryl methyl sites for hydroxylation is 2. The van der Waals surface area contributed by atoms with Crippen molar-refractivity contribution in [3.05, 3.63) is 30.1 Å². The predicted molar refractivity (Wildman–Crippen MR) is 125 cm³/mol. The molecule has 1 aromatic heterocycles. The lowest BCUT2D eigenvalue weighted by Gasteiger charge is -2.03. The molecule has 1 aromatic rings. The smallest absolute Gasteiger partial charge is 0.169 e. The highest BCUT2D eigenvalue weighted by atomic mass is 14.9. The van der Waals surface area contributed by atoms with Crippen molar-refractivity contribution in [3.63, 3.8) is 0 Å². The maximum absolute atomic E-state index is 2.36. The van der Waals surface area contributed by atoms with Crippen LogP contribution in [0.4, 0.5) is 0 Å². The number of pyridine rings is 1. The summed E-state index contributed by atoms with van der Waals surface area (Å²) in [7, 11) is 0. The Balaban J connectivity index is 1.80. The Morgan fingerprint density at radius 2 is 0.893 bits per heavy atom. The predicted octanol–water partition coefficient (Wildman–Crippen LogP) is 8.58. The Kier molecular flexibility index (Phi) is 17.5. The lowest BCUT2D eigenvalue weighted by molar-refractivity contribution is -0.697. The molecule has 0 radical (unpaired) electrons. The van der Waals surface area contributed by atoms with Crippen molar-refractivity contribution < 1.29 is 4.57 Å². The van der Waals surface area contributed by atoms with Crippen molar-refractivity contribution in [2.45, 2.75) is 142 Å². The van der Waals surface area contributed by atoms with Crippen LogP contribution < -0.4 is 4.57 Å². The summed E-state index contributed by atoms with van der Waals surface area (Å²) in [6.45, 7) is 5.75. The summed E-state index contributed by atoms with van der Waals surface area (Å²) in [5.74, 6) is 0. The van der Waals surface area contributed by atoms with Gasteiger partial charge in [-0.2, -0.15) is 0 Å². The van der Waals surface area contributed by atoms with E-state index in [9.17, 15) is 0 Å². The van der Waals surface area contributed by atoms with Crippen molar-refractivity contribution in [3.8, 4) is 0 Å². The van der Waals surface area contributed by atoms with E-state index in [0.717, 1.165) is 0 Å². The van der Waals surface area contributed by atoms with Crippen LogP contribution in [0.25, 0.3) is 0 Å². The van der Waals surface area contributed by atoms with E-state index < -0.39 is 0 Å². The molecule has 1 heteroatoms. The first-order chi connectivity index (χ1) is 13.9. The van der Waals surface area contributed by atoms with Gasteiger partial charge in [0.25, 0.3) is 0 Å². The Morgan fingerprint density at radius 1 is 0.500 bits per heavy atom. The van der Waals surface area contributed by atoms with Crippen LogP contribution in [0.5, 0.6) is 0 Å². The lowest BCUT2D eigenvalue weighted by Crippen LogP contribution is -2.32. The average molecular weight is 389 g/mol. The second-order valence-electron chi connectivity index (χ2n) is 8.85. The summed E-state index contributed by atoms with van der Waals surface area (Å²) in [5.41, 5.74) is 1.49. The maximum atomic E-state index is 2.36. The van der Waals surface area contributed by atoms with Crippen molar-refractivity contribution in [1.29, 1.82) is 0 Å². The van der Waals surface area contributed by atoms with E-state index in [-0.39, 0.29) is 0 Å². The largest absolute Gasteiger partial charge is 0.205 e. The molecule has 0 aliphatic carbocycles. The van der Waals surface area contributed by atoms with Gasteiger partial charge in [0.1, 0.15) is 6.54 Å². The average Bonchev–Trinajstić information content (AvgIpc) is 2.73. The maximum Gasteiger partial charge on any atom is 0.169 e. The molecule has 0 aliphatic rings. The molecule has 0 bridgehead atoms. The molecule has 0 unspecified atom stereocenters. The highest BCUT2D eigenvalue weighted by molar-refractivity contribution is 5.06. The molecule has 162 valence electrons. The number of hydrogen-bond donors (Lipinski definition) is 0. The molecule has 0 spiro atoms. The van der Waals surface area contributed by atoms with Gasteiger partial charge in [-0.1, -0.05) is 110 Å². The normalized spacial score (nSPS) is 11.2. The van der Waals surface area contributed by atoms with Crippen LogP contribution in [0.3, 0.4) is 0 Å². The number of aromatic nitrogens is 1. The standard InChI is InChI=1S/C27H50N/c1-3-5-7-8-9-10-11-12-13-14-15-16-17-18-19-20-24-28-25-22-27(23-26-28)21-6-4-2/h22-23,25-26H,3-21,24H2,1-2H3/q+1. The third-order valence-electron chi connectivity index (χ3n) is 6.05. The van der Waals surface area contributed by atoms with Gasteiger partial charge in [-0.25, -0.2) is 4.57 Å². The van der Waals surface area contributed by atoms with Gasteiger partial charge in [-0.15, -0.1) is 0 Å². The van der Waals surface area contributed by atoms with E-state index in [0.29, 0.717) is 0 Å². The number of nitrogens with zero attached hydrogens (tertiary/aromatic N) is 1. The molecule has 0 atom stereocenters. The minimum atomic E-state index is 1.19. The second kappa shape index (κ2) is 19.5. The monoisotopic (exact) mass is 388 g/mol. The topological polar surface area (TPSA) is 3.88 Å². The molecule has 0 aliphatic heterocycles. The van der Waals surface area contributed by atoms with Gasteiger partial charge in [0.15, 0.2) is 12.4 Å². The van der Waals surface area contributed by atoms with Crippen LogP contribution in [-0.4, -0.2) is 0 Å². The molecule has 1 nitrogen and oxygen atoms in total. The van der Waals surface area contributed by atoms with E-state index in [1.807, 2.05) is 0 Å². The first-order valence-corrected chi connectivity index (χ1v) is 12.8. The van der Waals surface area contributed by atoms with Crippen molar-refractivity contribution >= 4 is 0 Å². The highest BCUT2D eigenvalue weighted by Crippen LogP contribution is 2.13. The molecular weight excluding hydrogens is 338 g/mol. The van der Waals surface area contributed by atoms with Crippen LogP contribution in [-0.2, 0) is 13.0 Å². The van der Waals surface area contributed by atoms with Gasteiger partial charge in [-0.05, 0) is 24.8 Å². The Bertz CT molecular complexity index is 422. The third kappa shape index (κ3) is 15.1. The van der Waals surface area contributed by atoms with Crippen LogP contribution >= 0.6 is 0 Å². The molecule has 0 saturated carbocycles. The summed E-state index contributed by atoms with van der Waals surface area (Å²) in [4.78, 5) is 0. The highest BCUT2D eigenvalue weighted by Gasteiger charge is 2.01. The van der Waals surface area contributed by atoms with Gasteiger partial charge in [0.05, 0.1) is 0 Å². The fourth-order valence-electron chi connectivity index (χ4n) is 4.03. The Morgan fingerprint density at radius 3 is 1.32 bits per heavy atom. The number of unbranched alkanes of at least 4 members (excludes halogenated alkanes) is 16. The molecule has 28 heavy (non-hydrogen) atoms. The molecule has 0 aromatic carbocycles. The number of rotatable bonds is 20. The molecule has 1 heterocycles. The van der Waals surface area contributed by atoms with Crippen LogP contribution in [0.15, 0.2) is 24.5 Å². The van der Waals surface area contributed by atoms with E-state index in [1.165, 1.54) is 134 Å². The van der Waals surface area contributed by atoms with E-state index in [2.05, 4.69) is 42.9 Å². The van der Waals surface area contributed by atoms with Crippen LogP contribution in [0, 0.1) is 0 Å². The molecule has 0 N–H and O–H groups in total. The molecule has 0 saturated heterocycles. The van der Waals surface area contributed by atoms with E-state index in [1.54, 1.807) is 0 Å². The van der Waals surface area contributed by atoms with Gasteiger partial charge >= 0.3 is 0 Å². The van der Waals surface area contributed by atoms with Gasteiger partial charge in [0, 0.05) is 18.6 Å². The van der Waals surface area contributed by atoms with E-state index in [4.69, 9.17) is 0 Å². The van der Waals surface area contributed by atoms with Crippen molar-refractivity contribution in [2.75, 3.05) is 0 Å². The summed E-state index contributed by atoms with van der Waals surface area (Å²) < 4.78 is 2.36. The summed E-state index contributed by atoms with van der Waals surface area (Å²) in [5, 5.41) is 0. The Hall–Kier alpha value is -0.850. The third-order valence-corrected chi connectivity index (χ3v) is 6.05. The zero-order valence-electron chi connectivity index (χ0n) is 19.4. The van der Waals surface area contributed by atoms with Gasteiger partial charge < -0.3 is 0 Å². The van der Waals surface area contributed by atoms with Crippen LogP contribution in [0.1, 0.15) is 135 Å². The van der Waals surface area contributed by atoms with Crippen molar-refractivity contribution in [1.82, 2.24) is 0 Å². The molecule has 1 rings (SSSR count). The summed E-state index contributed by atoms with van der Waals surface area (Å²) >= 11 is 0. The fourth-order valence-corrected chi connectivity index (χ4v) is 4.03. The van der Waals surface area contributed by atoms with E-state index >= 15 is 0 Å². The minimum Gasteiger partial charge on any atom is -0.205 e. The molecular formula is C27H50N+. The van der Waals surface area contributed by atoms with Gasteiger partial charge in [0.2, 0.25) is 0 Å². The SMILES string of the molecule is CCCCCCCCCCCCCCCCCC[n+]1ccc(CCCC)cc1. The summed E-state index contributed by atoms with van der Waals surface area (Å²) in [6.07, 6.45) is 31.5. The zero-order chi connectivity index (χ0) is 20.1. The zero-order valence-corrected chi connectivity index (χ0v) is 19.4. The summed E-state index contributed by atoms with van der Waals surface area (Å²) in [6, 6.07) is 4.62. The van der Waals surface area contributed by atoms with Gasteiger partial charge in [-0.3, -0.25) is 0 Å².